The minimum absolute atomic E-state index is 0.0535. The quantitative estimate of drug-likeness (QED) is 0.644. The minimum Gasteiger partial charge on any atom is -0.348 e. The maximum atomic E-state index is 13.1. The van der Waals surface area contributed by atoms with Gasteiger partial charge in [0.15, 0.2) is 0 Å². The molecule has 0 bridgehead atoms. The zero-order valence-electron chi connectivity index (χ0n) is 17.6. The zero-order chi connectivity index (χ0) is 21.8. The van der Waals surface area contributed by atoms with Crippen LogP contribution in [0.25, 0.3) is 10.8 Å². The molecule has 3 aromatic carbocycles. The van der Waals surface area contributed by atoms with Crippen LogP contribution in [0.3, 0.4) is 0 Å². The van der Waals surface area contributed by atoms with Gasteiger partial charge in [-0.25, -0.2) is 8.42 Å². The lowest BCUT2D eigenvalue weighted by Gasteiger charge is -2.33. The lowest BCUT2D eigenvalue weighted by molar-refractivity contribution is -0.123. The van der Waals surface area contributed by atoms with Gasteiger partial charge in [0.25, 0.3) is 0 Å². The number of hydrogen-bond acceptors (Lipinski definition) is 4. The highest BCUT2D eigenvalue weighted by molar-refractivity contribution is 7.89. The van der Waals surface area contributed by atoms with Crippen molar-refractivity contribution < 1.29 is 13.2 Å². The molecule has 0 radical (unpaired) electrons. The molecule has 1 heterocycles. The number of nitrogens with zero attached hydrogens (tertiary/aromatic N) is 2. The summed E-state index contributed by atoms with van der Waals surface area (Å²) >= 11 is 0. The largest absolute Gasteiger partial charge is 0.348 e. The van der Waals surface area contributed by atoms with Crippen LogP contribution in [-0.2, 0) is 14.8 Å². The Kier molecular flexibility index (Phi) is 6.36. The Morgan fingerprint density at radius 2 is 1.55 bits per heavy atom. The van der Waals surface area contributed by atoms with E-state index in [1.165, 1.54) is 4.31 Å². The first-order valence-corrected chi connectivity index (χ1v) is 11.9. The molecule has 31 heavy (non-hydrogen) atoms. The van der Waals surface area contributed by atoms with Crippen molar-refractivity contribution in [2.45, 2.75) is 17.9 Å². The summed E-state index contributed by atoms with van der Waals surface area (Å²) in [5.74, 6) is -0.0535. The molecule has 1 unspecified atom stereocenters. The van der Waals surface area contributed by atoms with Crippen LogP contribution < -0.4 is 5.32 Å². The Morgan fingerprint density at radius 3 is 2.26 bits per heavy atom. The van der Waals surface area contributed by atoms with Crippen molar-refractivity contribution in [3.8, 4) is 0 Å². The molecule has 0 aromatic heterocycles. The second-order valence-corrected chi connectivity index (χ2v) is 9.83. The molecule has 0 saturated carbocycles. The highest BCUT2D eigenvalue weighted by Gasteiger charge is 2.29. The number of sulfonamides is 1. The van der Waals surface area contributed by atoms with Gasteiger partial charge in [-0.2, -0.15) is 4.31 Å². The Morgan fingerprint density at radius 1 is 0.903 bits per heavy atom. The van der Waals surface area contributed by atoms with Gasteiger partial charge in [0.2, 0.25) is 15.9 Å². The van der Waals surface area contributed by atoms with Gasteiger partial charge in [-0.3, -0.25) is 9.69 Å². The molecule has 1 saturated heterocycles. The van der Waals surface area contributed by atoms with Crippen molar-refractivity contribution in [3.05, 3.63) is 78.4 Å². The fourth-order valence-corrected chi connectivity index (χ4v) is 5.38. The smallest absolute Gasteiger partial charge is 0.243 e. The molecule has 7 heteroatoms. The second kappa shape index (κ2) is 9.18. The Bertz CT molecular complexity index is 1160. The van der Waals surface area contributed by atoms with E-state index >= 15 is 0 Å². The van der Waals surface area contributed by atoms with E-state index < -0.39 is 10.0 Å². The van der Waals surface area contributed by atoms with Crippen molar-refractivity contribution >= 4 is 26.7 Å². The third-order valence-electron chi connectivity index (χ3n) is 5.73. The van der Waals surface area contributed by atoms with Crippen LogP contribution in [0.15, 0.2) is 77.7 Å². The van der Waals surface area contributed by atoms with Crippen molar-refractivity contribution in [2.24, 2.45) is 0 Å². The number of rotatable bonds is 6. The van der Waals surface area contributed by atoms with E-state index in [4.69, 9.17) is 0 Å². The van der Waals surface area contributed by atoms with Crippen LogP contribution in [0.2, 0.25) is 0 Å². The fraction of sp³-hybridized carbons (Fsp3) is 0.292. The number of benzene rings is 3. The van der Waals surface area contributed by atoms with Gasteiger partial charge in [-0.15, -0.1) is 0 Å². The van der Waals surface area contributed by atoms with Gasteiger partial charge >= 0.3 is 0 Å². The Labute approximate surface area is 183 Å². The first-order valence-electron chi connectivity index (χ1n) is 10.5. The van der Waals surface area contributed by atoms with E-state index in [-0.39, 0.29) is 18.5 Å². The van der Waals surface area contributed by atoms with Gasteiger partial charge in [-0.1, -0.05) is 60.7 Å². The lowest BCUT2D eigenvalue weighted by Crippen LogP contribution is -2.51. The van der Waals surface area contributed by atoms with Gasteiger partial charge in [0, 0.05) is 26.2 Å². The number of piperazine rings is 1. The van der Waals surface area contributed by atoms with Gasteiger partial charge in [0.1, 0.15) is 0 Å². The standard InChI is InChI=1S/C24H27N3O3S/c1-19(20-7-3-2-4-8-20)25-24(28)18-26-13-15-27(16-14-26)31(29,30)23-12-11-21-9-5-6-10-22(21)17-23/h2-12,17,19H,13-16,18H2,1H3,(H,25,28). The molecule has 0 aliphatic carbocycles. The van der Waals surface area contributed by atoms with E-state index in [1.807, 2.05) is 72.5 Å². The van der Waals surface area contributed by atoms with Crippen LogP contribution in [0.1, 0.15) is 18.5 Å². The summed E-state index contributed by atoms with van der Waals surface area (Å²) in [5, 5.41) is 4.94. The van der Waals surface area contributed by atoms with E-state index in [2.05, 4.69) is 5.32 Å². The zero-order valence-corrected chi connectivity index (χ0v) is 18.4. The Hall–Kier alpha value is -2.74. The molecule has 6 nitrogen and oxygen atoms in total. The van der Waals surface area contributed by atoms with Crippen molar-refractivity contribution in [1.82, 2.24) is 14.5 Å². The van der Waals surface area contributed by atoms with Crippen molar-refractivity contribution in [2.75, 3.05) is 32.7 Å². The number of nitrogens with one attached hydrogen (secondary N) is 1. The van der Waals surface area contributed by atoms with E-state index in [0.29, 0.717) is 31.1 Å². The summed E-state index contributed by atoms with van der Waals surface area (Å²) < 4.78 is 27.7. The summed E-state index contributed by atoms with van der Waals surface area (Å²) in [7, 11) is -3.55. The summed E-state index contributed by atoms with van der Waals surface area (Å²) in [6.07, 6.45) is 0. The van der Waals surface area contributed by atoms with Gasteiger partial charge in [-0.05, 0) is 35.4 Å². The van der Waals surface area contributed by atoms with Crippen molar-refractivity contribution in [3.63, 3.8) is 0 Å². The normalized spacial score (nSPS) is 16.8. The van der Waals surface area contributed by atoms with E-state index in [1.54, 1.807) is 12.1 Å². The molecule has 1 N–H and O–H groups in total. The first-order chi connectivity index (χ1) is 14.9. The van der Waals surface area contributed by atoms with Crippen LogP contribution in [0.4, 0.5) is 0 Å². The number of carbonyl (C=O) groups excluding carboxylic acids is 1. The molecule has 1 atom stereocenters. The monoisotopic (exact) mass is 437 g/mol. The molecular formula is C24H27N3O3S. The lowest BCUT2D eigenvalue weighted by atomic mass is 10.1. The predicted octanol–water partition coefficient (Wildman–Crippen LogP) is 3.02. The van der Waals surface area contributed by atoms with Crippen LogP contribution in [0.5, 0.6) is 0 Å². The summed E-state index contributed by atoms with van der Waals surface area (Å²) in [5.41, 5.74) is 1.06. The summed E-state index contributed by atoms with van der Waals surface area (Å²) in [4.78, 5) is 14.7. The summed E-state index contributed by atoms with van der Waals surface area (Å²) in [6.45, 7) is 4.02. The number of fused-ring (bicyclic) bond motifs is 1. The summed E-state index contributed by atoms with van der Waals surface area (Å²) in [6, 6.07) is 22.7. The molecule has 0 spiro atoms. The third-order valence-corrected chi connectivity index (χ3v) is 7.63. The first kappa shape index (κ1) is 21.5. The van der Waals surface area contributed by atoms with E-state index in [9.17, 15) is 13.2 Å². The molecule has 3 aromatic rings. The predicted molar refractivity (Wildman–Crippen MR) is 122 cm³/mol. The van der Waals surface area contributed by atoms with E-state index in [0.717, 1.165) is 16.3 Å². The molecule has 1 fully saturated rings. The molecule has 1 aliphatic heterocycles. The second-order valence-electron chi connectivity index (χ2n) is 7.89. The number of carbonyl (C=O) groups is 1. The fourth-order valence-electron chi connectivity index (χ4n) is 3.92. The highest BCUT2D eigenvalue weighted by atomic mass is 32.2. The molecule has 162 valence electrons. The molecule has 1 aliphatic rings. The average Bonchev–Trinajstić information content (AvgIpc) is 2.79. The van der Waals surface area contributed by atoms with Gasteiger partial charge < -0.3 is 5.32 Å². The van der Waals surface area contributed by atoms with Crippen LogP contribution >= 0.6 is 0 Å². The Balaban J connectivity index is 1.33. The van der Waals surface area contributed by atoms with Crippen molar-refractivity contribution in [1.29, 1.82) is 0 Å². The molecule has 1 amide bonds. The minimum atomic E-state index is -3.55. The van der Waals surface area contributed by atoms with Crippen LogP contribution in [0, 0.1) is 0 Å². The maximum absolute atomic E-state index is 13.1. The highest BCUT2D eigenvalue weighted by Crippen LogP contribution is 2.23. The van der Waals surface area contributed by atoms with Gasteiger partial charge in [0.05, 0.1) is 17.5 Å². The third kappa shape index (κ3) is 4.95. The molecular weight excluding hydrogens is 410 g/mol. The SMILES string of the molecule is CC(NC(=O)CN1CCN(S(=O)(=O)c2ccc3ccccc3c2)CC1)c1ccccc1. The molecule has 4 rings (SSSR count). The number of amides is 1. The van der Waals surface area contributed by atoms with Crippen LogP contribution in [-0.4, -0.2) is 56.3 Å². The topological polar surface area (TPSA) is 69.7 Å². The number of hydrogen-bond donors (Lipinski definition) is 1. The average molecular weight is 438 g/mol. The maximum Gasteiger partial charge on any atom is 0.243 e.